The summed E-state index contributed by atoms with van der Waals surface area (Å²) in [4.78, 5) is 12.3. The molecule has 4 nitrogen and oxygen atoms in total. The van der Waals surface area contributed by atoms with Crippen LogP contribution in [0, 0.1) is 6.92 Å². The molecular formula is C17H20N2O2. The molecule has 2 aromatic carbocycles. The maximum absolute atomic E-state index is 12.3. The van der Waals surface area contributed by atoms with Gasteiger partial charge in [0.1, 0.15) is 5.75 Å². The Balaban J connectivity index is 2.14. The first kappa shape index (κ1) is 14.9. The molecule has 0 aliphatic rings. The van der Waals surface area contributed by atoms with Gasteiger partial charge in [0.2, 0.25) is 0 Å². The molecule has 0 spiro atoms. The molecule has 0 unspecified atom stereocenters. The lowest BCUT2D eigenvalue weighted by molar-refractivity contribution is 0.0941. The van der Waals surface area contributed by atoms with Crippen LogP contribution >= 0.6 is 0 Å². The minimum absolute atomic E-state index is 0.0844. The van der Waals surface area contributed by atoms with E-state index in [1.54, 1.807) is 25.3 Å². The minimum Gasteiger partial charge on any atom is -0.497 e. The highest BCUT2D eigenvalue weighted by Crippen LogP contribution is 2.21. The highest BCUT2D eigenvalue weighted by Gasteiger charge is 2.14. The zero-order valence-electron chi connectivity index (χ0n) is 12.5. The fourth-order valence-electron chi connectivity index (χ4n) is 2.17. The van der Waals surface area contributed by atoms with Crippen molar-refractivity contribution in [2.75, 3.05) is 12.8 Å². The van der Waals surface area contributed by atoms with Crippen molar-refractivity contribution >= 4 is 11.6 Å². The number of methoxy groups -OCH3 is 1. The maximum Gasteiger partial charge on any atom is 0.253 e. The number of carbonyl (C=O) groups is 1. The summed E-state index contributed by atoms with van der Waals surface area (Å²) in [6, 6.07) is 13.0. The van der Waals surface area contributed by atoms with Crippen molar-refractivity contribution in [1.82, 2.24) is 5.32 Å². The molecule has 0 radical (unpaired) electrons. The van der Waals surface area contributed by atoms with Crippen molar-refractivity contribution in [1.29, 1.82) is 0 Å². The Morgan fingerprint density at radius 3 is 2.62 bits per heavy atom. The van der Waals surface area contributed by atoms with E-state index >= 15 is 0 Å². The van der Waals surface area contributed by atoms with Crippen LogP contribution in [0.1, 0.15) is 34.5 Å². The van der Waals surface area contributed by atoms with E-state index in [1.165, 1.54) is 0 Å². The molecule has 0 heterocycles. The van der Waals surface area contributed by atoms with Crippen molar-refractivity contribution in [2.45, 2.75) is 19.9 Å². The largest absolute Gasteiger partial charge is 0.497 e. The lowest BCUT2D eigenvalue weighted by Gasteiger charge is -2.16. The van der Waals surface area contributed by atoms with E-state index in [2.05, 4.69) is 11.4 Å². The molecule has 0 aromatic heterocycles. The molecule has 0 bridgehead atoms. The molecule has 0 saturated heterocycles. The van der Waals surface area contributed by atoms with Crippen LogP contribution in [0.5, 0.6) is 5.75 Å². The summed E-state index contributed by atoms with van der Waals surface area (Å²) in [5, 5.41) is 2.96. The maximum atomic E-state index is 12.3. The average Bonchev–Trinajstić information content (AvgIpc) is 2.46. The van der Waals surface area contributed by atoms with Crippen LogP contribution in [0.4, 0.5) is 5.69 Å². The van der Waals surface area contributed by atoms with Gasteiger partial charge in [-0.2, -0.15) is 0 Å². The third kappa shape index (κ3) is 3.54. The van der Waals surface area contributed by atoms with Crippen molar-refractivity contribution in [2.24, 2.45) is 0 Å². The number of nitrogens with two attached hydrogens (primary N) is 1. The van der Waals surface area contributed by atoms with E-state index < -0.39 is 0 Å². The summed E-state index contributed by atoms with van der Waals surface area (Å²) in [5.41, 5.74) is 8.98. The van der Waals surface area contributed by atoms with Crippen LogP contribution in [0.3, 0.4) is 0 Å². The number of ether oxygens (including phenoxy) is 1. The number of benzene rings is 2. The predicted molar refractivity (Wildman–Crippen MR) is 84.5 cm³/mol. The smallest absolute Gasteiger partial charge is 0.253 e. The third-order valence-electron chi connectivity index (χ3n) is 3.39. The molecular weight excluding hydrogens is 264 g/mol. The van der Waals surface area contributed by atoms with Gasteiger partial charge in [-0.3, -0.25) is 4.79 Å². The van der Waals surface area contributed by atoms with Gasteiger partial charge >= 0.3 is 0 Å². The second kappa shape index (κ2) is 6.31. The SMILES string of the molecule is COc1ccc(C(=O)N[C@H](C)c2cccc(C)c2)c(N)c1. The molecule has 1 amide bonds. The highest BCUT2D eigenvalue weighted by atomic mass is 16.5. The zero-order chi connectivity index (χ0) is 15.4. The van der Waals surface area contributed by atoms with E-state index in [4.69, 9.17) is 10.5 Å². The number of nitrogen functional groups attached to an aromatic ring is 1. The Hall–Kier alpha value is -2.49. The summed E-state index contributed by atoms with van der Waals surface area (Å²) in [5.74, 6) is 0.444. The van der Waals surface area contributed by atoms with Gasteiger partial charge in [-0.25, -0.2) is 0 Å². The average molecular weight is 284 g/mol. The Bertz CT molecular complexity index is 653. The molecule has 0 aliphatic heterocycles. The van der Waals surface area contributed by atoms with E-state index in [0.717, 1.165) is 11.1 Å². The molecule has 0 saturated carbocycles. The molecule has 4 heteroatoms. The molecule has 110 valence electrons. The van der Waals surface area contributed by atoms with Crippen LogP contribution in [-0.2, 0) is 0 Å². The molecule has 2 rings (SSSR count). The van der Waals surface area contributed by atoms with Crippen LogP contribution in [0.2, 0.25) is 0 Å². The Morgan fingerprint density at radius 1 is 1.24 bits per heavy atom. The Kier molecular flexibility index (Phi) is 4.48. The van der Waals surface area contributed by atoms with Gasteiger partial charge in [-0.05, 0) is 31.5 Å². The zero-order valence-corrected chi connectivity index (χ0v) is 12.5. The lowest BCUT2D eigenvalue weighted by Crippen LogP contribution is -2.27. The van der Waals surface area contributed by atoms with Crippen LogP contribution in [0.15, 0.2) is 42.5 Å². The van der Waals surface area contributed by atoms with Gasteiger partial charge < -0.3 is 15.8 Å². The quantitative estimate of drug-likeness (QED) is 0.848. The number of nitrogens with one attached hydrogen (secondary N) is 1. The first-order valence-electron chi connectivity index (χ1n) is 6.82. The van der Waals surface area contributed by atoms with E-state index in [1.807, 2.05) is 32.0 Å². The van der Waals surface area contributed by atoms with Gasteiger partial charge in [0.05, 0.1) is 18.7 Å². The van der Waals surface area contributed by atoms with Crippen LogP contribution < -0.4 is 15.8 Å². The first-order valence-corrected chi connectivity index (χ1v) is 6.82. The number of carbonyl (C=O) groups excluding carboxylic acids is 1. The summed E-state index contributed by atoms with van der Waals surface area (Å²) in [6.07, 6.45) is 0. The van der Waals surface area contributed by atoms with E-state index in [0.29, 0.717) is 17.0 Å². The van der Waals surface area contributed by atoms with Crippen molar-refractivity contribution in [3.63, 3.8) is 0 Å². The van der Waals surface area contributed by atoms with E-state index in [9.17, 15) is 4.79 Å². The van der Waals surface area contributed by atoms with Crippen LogP contribution in [-0.4, -0.2) is 13.0 Å². The Morgan fingerprint density at radius 2 is 2.00 bits per heavy atom. The van der Waals surface area contributed by atoms with Gasteiger partial charge in [-0.1, -0.05) is 29.8 Å². The van der Waals surface area contributed by atoms with E-state index in [-0.39, 0.29) is 11.9 Å². The third-order valence-corrected chi connectivity index (χ3v) is 3.39. The summed E-state index contributed by atoms with van der Waals surface area (Å²) in [7, 11) is 1.56. The molecule has 1 atom stereocenters. The molecule has 0 fully saturated rings. The van der Waals surface area contributed by atoms with Gasteiger partial charge in [-0.15, -0.1) is 0 Å². The summed E-state index contributed by atoms with van der Waals surface area (Å²) < 4.78 is 5.08. The number of amides is 1. The first-order chi connectivity index (χ1) is 10.0. The number of anilines is 1. The molecule has 0 aliphatic carbocycles. The summed E-state index contributed by atoms with van der Waals surface area (Å²) >= 11 is 0. The normalized spacial score (nSPS) is 11.8. The molecule has 2 aromatic rings. The van der Waals surface area contributed by atoms with Crippen molar-refractivity contribution < 1.29 is 9.53 Å². The predicted octanol–water partition coefficient (Wildman–Crippen LogP) is 3.08. The van der Waals surface area contributed by atoms with Gasteiger partial charge in [0.15, 0.2) is 0 Å². The standard InChI is InChI=1S/C17H20N2O2/c1-11-5-4-6-13(9-11)12(2)19-17(20)15-8-7-14(21-3)10-16(15)18/h4-10,12H,18H2,1-3H3,(H,19,20)/t12-/m1/s1. The fraction of sp³-hybridized carbons (Fsp3) is 0.235. The van der Waals surface area contributed by atoms with Gasteiger partial charge in [0.25, 0.3) is 5.91 Å². The number of rotatable bonds is 4. The Labute approximate surface area is 124 Å². The van der Waals surface area contributed by atoms with Crippen LogP contribution in [0.25, 0.3) is 0 Å². The number of hydrogen-bond donors (Lipinski definition) is 2. The summed E-state index contributed by atoms with van der Waals surface area (Å²) in [6.45, 7) is 3.98. The second-order valence-electron chi connectivity index (χ2n) is 5.06. The molecule has 21 heavy (non-hydrogen) atoms. The molecule has 3 N–H and O–H groups in total. The van der Waals surface area contributed by atoms with Crippen molar-refractivity contribution in [3.05, 3.63) is 59.2 Å². The monoisotopic (exact) mass is 284 g/mol. The fourth-order valence-corrected chi connectivity index (χ4v) is 2.17. The van der Waals surface area contributed by atoms with Gasteiger partial charge in [0, 0.05) is 11.8 Å². The number of hydrogen-bond acceptors (Lipinski definition) is 3. The highest BCUT2D eigenvalue weighted by molar-refractivity contribution is 5.99. The topological polar surface area (TPSA) is 64.3 Å². The number of aryl methyl sites for hydroxylation is 1. The minimum atomic E-state index is -0.191. The lowest BCUT2D eigenvalue weighted by atomic mass is 10.0. The van der Waals surface area contributed by atoms with Crippen molar-refractivity contribution in [3.8, 4) is 5.75 Å². The second-order valence-corrected chi connectivity index (χ2v) is 5.06.